The maximum Gasteiger partial charge on any atom is 0.134 e. The van der Waals surface area contributed by atoms with Crippen molar-refractivity contribution >= 4 is 5.78 Å². The maximum absolute atomic E-state index is 11.7. The third-order valence-electron chi connectivity index (χ3n) is 4.19. The van der Waals surface area contributed by atoms with E-state index in [0.29, 0.717) is 11.8 Å². The molecule has 2 atom stereocenters. The van der Waals surface area contributed by atoms with Gasteiger partial charge in [-0.3, -0.25) is 4.79 Å². The van der Waals surface area contributed by atoms with Gasteiger partial charge < -0.3 is 5.32 Å². The molecule has 0 aliphatic heterocycles. The molecule has 2 nitrogen and oxygen atoms in total. The summed E-state index contributed by atoms with van der Waals surface area (Å²) in [7, 11) is 0. The average molecular weight is 253 g/mol. The van der Waals surface area contributed by atoms with E-state index in [1.54, 1.807) is 0 Å². The van der Waals surface area contributed by atoms with Crippen molar-refractivity contribution in [1.82, 2.24) is 5.32 Å². The predicted octanol–water partition coefficient (Wildman–Crippen LogP) is 3.94. The molecule has 1 aliphatic carbocycles. The molecule has 0 spiro atoms. The molecular formula is C16H31NO. The average Bonchev–Trinajstić information content (AvgIpc) is 2.26. The van der Waals surface area contributed by atoms with Gasteiger partial charge in [-0.1, -0.05) is 47.0 Å². The number of nitrogens with one attached hydrogen (secondary N) is 1. The summed E-state index contributed by atoms with van der Waals surface area (Å²) in [5, 5.41) is 3.65. The Bertz CT molecular complexity index is 260. The highest BCUT2D eigenvalue weighted by molar-refractivity contribution is 5.80. The molecule has 0 heterocycles. The Labute approximate surface area is 113 Å². The summed E-state index contributed by atoms with van der Waals surface area (Å²) >= 11 is 0. The van der Waals surface area contributed by atoms with E-state index in [2.05, 4.69) is 33.0 Å². The van der Waals surface area contributed by atoms with E-state index in [9.17, 15) is 4.79 Å². The van der Waals surface area contributed by atoms with Crippen molar-refractivity contribution in [1.29, 1.82) is 0 Å². The summed E-state index contributed by atoms with van der Waals surface area (Å²) < 4.78 is 0. The largest absolute Gasteiger partial charge is 0.313 e. The van der Waals surface area contributed by atoms with Crippen LogP contribution in [0.25, 0.3) is 0 Å². The van der Waals surface area contributed by atoms with Gasteiger partial charge in [-0.25, -0.2) is 0 Å². The molecule has 0 aromatic heterocycles. The van der Waals surface area contributed by atoms with Crippen molar-refractivity contribution in [2.75, 3.05) is 6.54 Å². The zero-order valence-corrected chi connectivity index (χ0v) is 12.7. The second kappa shape index (κ2) is 7.28. The third-order valence-corrected chi connectivity index (χ3v) is 4.19. The van der Waals surface area contributed by atoms with Gasteiger partial charge in [0.2, 0.25) is 0 Å². The van der Waals surface area contributed by atoms with Crippen molar-refractivity contribution in [3.63, 3.8) is 0 Å². The van der Waals surface area contributed by atoms with Crippen LogP contribution in [0.4, 0.5) is 0 Å². The first kappa shape index (κ1) is 15.7. The number of carbonyl (C=O) groups is 1. The van der Waals surface area contributed by atoms with E-state index in [1.165, 1.54) is 25.7 Å². The smallest absolute Gasteiger partial charge is 0.134 e. The van der Waals surface area contributed by atoms with Crippen molar-refractivity contribution in [3.8, 4) is 0 Å². The maximum atomic E-state index is 11.7. The molecule has 18 heavy (non-hydrogen) atoms. The van der Waals surface area contributed by atoms with Gasteiger partial charge in [-0.2, -0.15) is 0 Å². The number of hydrogen-bond donors (Lipinski definition) is 1. The summed E-state index contributed by atoms with van der Waals surface area (Å²) in [6.45, 7) is 10.0. The molecule has 1 rings (SSSR count). The summed E-state index contributed by atoms with van der Waals surface area (Å²) in [6, 6.07) is 0.414. The van der Waals surface area contributed by atoms with Crippen LogP contribution in [-0.2, 0) is 4.79 Å². The van der Waals surface area contributed by atoms with Crippen LogP contribution in [0.2, 0.25) is 0 Å². The van der Waals surface area contributed by atoms with E-state index >= 15 is 0 Å². The fourth-order valence-electron chi connectivity index (χ4n) is 3.11. The number of ketones is 1. The Balaban J connectivity index is 2.35. The second-order valence-corrected chi connectivity index (χ2v) is 6.81. The van der Waals surface area contributed by atoms with Gasteiger partial charge in [-0.15, -0.1) is 0 Å². The Hall–Kier alpha value is -0.370. The monoisotopic (exact) mass is 253 g/mol. The minimum atomic E-state index is 0.193. The van der Waals surface area contributed by atoms with Crippen LogP contribution >= 0.6 is 0 Å². The van der Waals surface area contributed by atoms with Crippen molar-refractivity contribution < 1.29 is 4.79 Å². The van der Waals surface area contributed by atoms with Gasteiger partial charge in [-0.05, 0) is 30.7 Å². The molecule has 2 heteroatoms. The first-order chi connectivity index (χ1) is 8.46. The SMILES string of the molecule is CCCCC(CC)CNC1CC(=O)CC(C)(C)C1. The van der Waals surface area contributed by atoms with Crippen LogP contribution in [0.5, 0.6) is 0 Å². The Morgan fingerprint density at radius 3 is 2.67 bits per heavy atom. The van der Waals surface area contributed by atoms with Crippen LogP contribution in [0.3, 0.4) is 0 Å². The summed E-state index contributed by atoms with van der Waals surface area (Å²) in [4.78, 5) is 11.7. The van der Waals surface area contributed by atoms with Gasteiger partial charge in [0.05, 0.1) is 0 Å². The van der Waals surface area contributed by atoms with Crippen LogP contribution in [-0.4, -0.2) is 18.4 Å². The molecule has 0 amide bonds. The summed E-state index contributed by atoms with van der Waals surface area (Å²) in [6.07, 6.45) is 7.83. The van der Waals surface area contributed by atoms with Gasteiger partial charge >= 0.3 is 0 Å². The van der Waals surface area contributed by atoms with Gasteiger partial charge in [0, 0.05) is 18.9 Å². The van der Waals surface area contributed by atoms with Crippen LogP contribution in [0, 0.1) is 11.3 Å². The normalized spacial score (nSPS) is 25.1. The minimum Gasteiger partial charge on any atom is -0.313 e. The predicted molar refractivity (Wildman–Crippen MR) is 77.7 cm³/mol. The van der Waals surface area contributed by atoms with E-state index in [-0.39, 0.29) is 5.41 Å². The molecule has 0 radical (unpaired) electrons. The molecule has 1 saturated carbocycles. The summed E-state index contributed by atoms with van der Waals surface area (Å²) in [5.74, 6) is 1.22. The number of carbonyl (C=O) groups excluding carboxylic acids is 1. The first-order valence-electron chi connectivity index (χ1n) is 7.72. The van der Waals surface area contributed by atoms with Crippen LogP contribution < -0.4 is 5.32 Å². The number of unbranched alkanes of at least 4 members (excludes halogenated alkanes) is 1. The van der Waals surface area contributed by atoms with Gasteiger partial charge in [0.15, 0.2) is 0 Å². The fourth-order valence-corrected chi connectivity index (χ4v) is 3.11. The van der Waals surface area contributed by atoms with Crippen molar-refractivity contribution in [2.45, 2.75) is 78.7 Å². The Morgan fingerprint density at radius 1 is 1.39 bits per heavy atom. The molecule has 0 saturated heterocycles. The molecular weight excluding hydrogens is 222 g/mol. The second-order valence-electron chi connectivity index (χ2n) is 6.81. The first-order valence-corrected chi connectivity index (χ1v) is 7.72. The lowest BCUT2D eigenvalue weighted by molar-refractivity contribution is -0.123. The molecule has 1 aliphatic rings. The van der Waals surface area contributed by atoms with E-state index in [1.807, 2.05) is 0 Å². The lowest BCUT2D eigenvalue weighted by Gasteiger charge is -2.35. The molecule has 0 aromatic rings. The van der Waals surface area contributed by atoms with Gasteiger partial charge in [0.1, 0.15) is 5.78 Å². The lowest BCUT2D eigenvalue weighted by atomic mass is 9.74. The lowest BCUT2D eigenvalue weighted by Crippen LogP contribution is -2.42. The quantitative estimate of drug-likeness (QED) is 0.744. The van der Waals surface area contributed by atoms with Crippen molar-refractivity contribution in [3.05, 3.63) is 0 Å². The topological polar surface area (TPSA) is 29.1 Å². The van der Waals surface area contributed by atoms with E-state index < -0.39 is 0 Å². The number of Topliss-reactive ketones (excluding diaryl/α,β-unsaturated/α-hetero) is 1. The molecule has 0 aromatic carbocycles. The molecule has 2 unspecified atom stereocenters. The van der Waals surface area contributed by atoms with Crippen LogP contribution in [0.15, 0.2) is 0 Å². The Morgan fingerprint density at radius 2 is 2.11 bits per heavy atom. The highest BCUT2D eigenvalue weighted by atomic mass is 16.1. The number of hydrogen-bond acceptors (Lipinski definition) is 2. The van der Waals surface area contributed by atoms with E-state index in [4.69, 9.17) is 0 Å². The zero-order chi connectivity index (χ0) is 13.6. The standard InChI is InChI=1S/C16H31NO/c1-5-7-8-13(6-2)12-17-14-9-15(18)11-16(3,4)10-14/h13-14,17H,5-12H2,1-4H3. The highest BCUT2D eigenvalue weighted by Crippen LogP contribution is 2.33. The van der Waals surface area contributed by atoms with Gasteiger partial charge in [0.25, 0.3) is 0 Å². The van der Waals surface area contributed by atoms with E-state index in [0.717, 1.165) is 31.7 Å². The minimum absolute atomic E-state index is 0.193. The molecule has 1 fully saturated rings. The molecule has 1 N–H and O–H groups in total. The third kappa shape index (κ3) is 5.51. The van der Waals surface area contributed by atoms with Crippen LogP contribution in [0.1, 0.15) is 72.6 Å². The van der Waals surface area contributed by atoms with Crippen molar-refractivity contribution in [2.24, 2.45) is 11.3 Å². The molecule has 106 valence electrons. The summed E-state index contributed by atoms with van der Waals surface area (Å²) in [5.41, 5.74) is 0.193. The fraction of sp³-hybridized carbons (Fsp3) is 0.938. The zero-order valence-electron chi connectivity index (χ0n) is 12.7. The highest BCUT2D eigenvalue weighted by Gasteiger charge is 2.32. The number of rotatable bonds is 7. The molecule has 0 bridgehead atoms. The Kier molecular flexibility index (Phi) is 6.34.